The average Bonchev–Trinajstić information content (AvgIpc) is 2.83. The molecule has 0 atom stereocenters. The Hall–Kier alpha value is -2.57. The zero-order chi connectivity index (χ0) is 27.1. The number of benzene rings is 3. The van der Waals surface area contributed by atoms with Crippen LogP contribution in [0, 0.1) is 0 Å². The largest absolute Gasteiger partial charge is 1.00 e. The summed E-state index contributed by atoms with van der Waals surface area (Å²) < 4.78 is 73.1. The van der Waals surface area contributed by atoms with E-state index in [-0.39, 0.29) is 34.9 Å². The molecule has 0 amide bonds. The smallest absolute Gasteiger partial charge is 0.744 e. The van der Waals surface area contributed by atoms with E-state index in [0.717, 1.165) is 34.7 Å². The summed E-state index contributed by atoms with van der Waals surface area (Å²) in [6, 6.07) is 13.8. The summed E-state index contributed by atoms with van der Waals surface area (Å²) in [6.07, 6.45) is 7.63. The third-order valence-corrected chi connectivity index (χ3v) is 7.73. The normalized spacial score (nSPS) is 13.4. The molecule has 38 heavy (non-hydrogen) atoms. The summed E-state index contributed by atoms with van der Waals surface area (Å²) >= 11 is 0. The maximum Gasteiger partial charge on any atom is 1.00 e. The minimum absolute atomic E-state index is 0. The number of allylic oxidation sites excluding steroid dienone is 5. The minimum Gasteiger partial charge on any atom is -0.744 e. The molecule has 0 aromatic heterocycles. The molecular weight excluding hydrogens is 535 g/mol. The van der Waals surface area contributed by atoms with Crippen molar-refractivity contribution in [2.45, 2.75) is 9.79 Å². The van der Waals surface area contributed by atoms with Crippen molar-refractivity contribution in [2.24, 2.45) is 0 Å². The van der Waals surface area contributed by atoms with Crippen LogP contribution in [0.5, 0.6) is 0 Å². The van der Waals surface area contributed by atoms with Gasteiger partial charge in [-0.2, -0.15) is 0 Å². The van der Waals surface area contributed by atoms with Crippen LogP contribution in [0.2, 0.25) is 0 Å². The summed E-state index contributed by atoms with van der Waals surface area (Å²) in [5.74, 6) is 0. The van der Waals surface area contributed by atoms with E-state index in [9.17, 15) is 25.9 Å². The topological polar surface area (TPSA) is 121 Å². The van der Waals surface area contributed by atoms with Gasteiger partial charge in [-0.3, -0.25) is 0 Å². The van der Waals surface area contributed by atoms with E-state index in [1.807, 2.05) is 86.2 Å². The molecule has 0 unspecified atom stereocenters. The van der Waals surface area contributed by atoms with E-state index in [0.29, 0.717) is 16.5 Å². The van der Waals surface area contributed by atoms with Crippen molar-refractivity contribution in [3.63, 3.8) is 0 Å². The number of hydrogen-bond donors (Lipinski definition) is 0. The van der Waals surface area contributed by atoms with E-state index in [1.165, 1.54) is 18.2 Å². The molecule has 11 heteroatoms. The maximum absolute atomic E-state index is 12.1. The van der Waals surface area contributed by atoms with E-state index >= 15 is 0 Å². The number of hydrogen-bond acceptors (Lipinski definition) is 7. The molecule has 0 saturated carbocycles. The van der Waals surface area contributed by atoms with Crippen LogP contribution >= 0.6 is 0 Å². The summed E-state index contributed by atoms with van der Waals surface area (Å²) in [5.41, 5.74) is 4.48. The van der Waals surface area contributed by atoms with Crippen molar-refractivity contribution in [3.05, 3.63) is 95.6 Å². The van der Waals surface area contributed by atoms with Gasteiger partial charge < -0.3 is 14.0 Å². The van der Waals surface area contributed by atoms with Crippen molar-refractivity contribution in [2.75, 3.05) is 33.1 Å². The van der Waals surface area contributed by atoms with Crippen LogP contribution in [0.1, 0.15) is 11.1 Å². The van der Waals surface area contributed by atoms with Gasteiger partial charge in [0.15, 0.2) is 5.71 Å². The molecule has 0 radical (unpaired) electrons. The van der Waals surface area contributed by atoms with Crippen LogP contribution in [0.25, 0.3) is 16.3 Å². The van der Waals surface area contributed by atoms with E-state index in [1.54, 1.807) is 0 Å². The number of fused-ring (bicyclic) bond motifs is 1. The molecule has 8 nitrogen and oxygen atoms in total. The predicted molar refractivity (Wildman–Crippen MR) is 142 cm³/mol. The second-order valence-corrected chi connectivity index (χ2v) is 11.8. The third kappa shape index (κ3) is 6.35. The first-order valence-electron chi connectivity index (χ1n) is 11.2. The Bertz CT molecular complexity index is 1730. The fourth-order valence-electron chi connectivity index (χ4n) is 4.16. The quantitative estimate of drug-likeness (QED) is 0.251. The molecular formula is C27H25N2NaO6S2. The monoisotopic (exact) mass is 560 g/mol. The van der Waals surface area contributed by atoms with E-state index in [2.05, 4.69) is 0 Å². The van der Waals surface area contributed by atoms with Gasteiger partial charge in [0.25, 0.3) is 0 Å². The first-order valence-corrected chi connectivity index (χ1v) is 14.0. The summed E-state index contributed by atoms with van der Waals surface area (Å²) in [5, 5.41) is 0.638. The fourth-order valence-corrected chi connectivity index (χ4v) is 5.20. The summed E-state index contributed by atoms with van der Waals surface area (Å²) in [7, 11) is -2.05. The van der Waals surface area contributed by atoms with Gasteiger partial charge in [-0.1, -0.05) is 18.2 Å². The van der Waals surface area contributed by atoms with Gasteiger partial charge in [0.05, 0.1) is 9.79 Å². The summed E-state index contributed by atoms with van der Waals surface area (Å²) in [4.78, 5) is 0.904. The SMILES string of the molecule is CN(C)c1ccc(C(=C2C=CC(=[N+](C)C)C=C2)c2cc(S(=O)(=O)[O-])cc3cc(S(=O)(=O)[O-])ccc23)cc1.[Na+]. The van der Waals surface area contributed by atoms with Gasteiger partial charge >= 0.3 is 29.6 Å². The zero-order valence-corrected chi connectivity index (χ0v) is 25.3. The minimum atomic E-state index is -4.90. The Kier molecular flexibility index (Phi) is 8.89. The first kappa shape index (κ1) is 30.0. The van der Waals surface area contributed by atoms with Crippen molar-refractivity contribution in [1.29, 1.82) is 0 Å². The molecule has 0 aliphatic heterocycles. The number of anilines is 1. The molecule has 0 fully saturated rings. The fraction of sp³-hybridized carbons (Fsp3) is 0.148. The predicted octanol–water partition coefficient (Wildman–Crippen LogP) is 0.359. The van der Waals surface area contributed by atoms with Gasteiger partial charge in [-0.05, 0) is 81.6 Å². The molecule has 0 bridgehead atoms. The van der Waals surface area contributed by atoms with E-state index in [4.69, 9.17) is 0 Å². The Balaban J connectivity index is 0.00000400. The van der Waals surface area contributed by atoms with Gasteiger partial charge in [-0.25, -0.2) is 21.4 Å². The first-order chi connectivity index (χ1) is 17.3. The Morgan fingerprint density at radius 2 is 1.32 bits per heavy atom. The molecule has 1 aliphatic rings. The molecule has 4 rings (SSSR count). The molecule has 3 aromatic rings. The third-order valence-electron chi connectivity index (χ3n) is 6.09. The van der Waals surface area contributed by atoms with Gasteiger partial charge in [0.1, 0.15) is 34.3 Å². The molecule has 0 saturated heterocycles. The average molecular weight is 561 g/mol. The zero-order valence-electron chi connectivity index (χ0n) is 21.7. The van der Waals surface area contributed by atoms with Crippen LogP contribution in [0.3, 0.4) is 0 Å². The molecule has 3 aromatic carbocycles. The summed E-state index contributed by atoms with van der Waals surface area (Å²) in [6.45, 7) is 0. The Morgan fingerprint density at radius 3 is 1.82 bits per heavy atom. The Morgan fingerprint density at radius 1 is 0.763 bits per heavy atom. The van der Waals surface area contributed by atoms with Gasteiger partial charge in [-0.15, -0.1) is 0 Å². The van der Waals surface area contributed by atoms with Gasteiger partial charge in [0, 0.05) is 31.9 Å². The molecule has 192 valence electrons. The van der Waals surface area contributed by atoms with Crippen LogP contribution in [-0.4, -0.2) is 64.4 Å². The van der Waals surface area contributed by atoms with Crippen LogP contribution in [-0.2, 0) is 20.2 Å². The number of nitrogens with zero attached hydrogens (tertiary/aromatic N) is 2. The van der Waals surface area contributed by atoms with E-state index < -0.39 is 30.0 Å². The molecule has 0 spiro atoms. The number of rotatable bonds is 5. The van der Waals surface area contributed by atoms with Crippen molar-refractivity contribution >= 4 is 48.0 Å². The van der Waals surface area contributed by atoms with Crippen LogP contribution in [0.4, 0.5) is 5.69 Å². The molecule has 0 N–H and O–H groups in total. The van der Waals surface area contributed by atoms with Gasteiger partial charge in [0.2, 0.25) is 0 Å². The second-order valence-electron chi connectivity index (χ2n) is 9.02. The van der Waals surface area contributed by atoms with Crippen molar-refractivity contribution in [1.82, 2.24) is 0 Å². The Labute approximate surface area is 245 Å². The standard InChI is InChI=1S/C27H26N2O6S2.Na/c1-28(2)21-9-5-18(6-10-21)27(19-7-11-22(12-8-19)29(3)4)26-17-24(37(33,34)35)16-20-15-23(36(30,31)32)13-14-25(20)26;/h5-17H,1-4H3,(H-,30,31,32,33,34,35);/q;+1/p-1. The van der Waals surface area contributed by atoms with Crippen molar-refractivity contribution < 1.29 is 60.1 Å². The van der Waals surface area contributed by atoms with Crippen molar-refractivity contribution in [3.8, 4) is 0 Å². The van der Waals surface area contributed by atoms with Crippen LogP contribution in [0.15, 0.2) is 94.3 Å². The molecule has 1 aliphatic carbocycles. The van der Waals surface area contributed by atoms with Crippen LogP contribution < -0.4 is 34.5 Å². The molecule has 0 heterocycles. The maximum atomic E-state index is 12.1. The second kappa shape index (κ2) is 11.3.